The van der Waals surface area contributed by atoms with Gasteiger partial charge < -0.3 is 10.00 Å². The average Bonchev–Trinajstić information content (AvgIpc) is 3.27. The van der Waals surface area contributed by atoms with Crippen LogP contribution in [-0.2, 0) is 18.2 Å². The molecule has 0 heterocycles. The van der Waals surface area contributed by atoms with Gasteiger partial charge >= 0.3 is 16.0 Å². The van der Waals surface area contributed by atoms with Crippen molar-refractivity contribution in [2.75, 3.05) is 0 Å². The highest BCUT2D eigenvalue weighted by atomic mass is 31.2. The molecule has 3 unspecified atom stereocenters. The maximum absolute atomic E-state index is 11.1. The smallest absolute Gasteiger partial charge is 0.393 e. The fourth-order valence-corrected chi connectivity index (χ4v) is 4.39. The average molecular weight is 370 g/mol. The van der Waals surface area contributed by atoms with Crippen molar-refractivity contribution >= 4 is 16.0 Å². The van der Waals surface area contributed by atoms with Crippen LogP contribution in [0.4, 0.5) is 0 Å². The molecule has 10 heteroatoms. The number of nitrogens with two attached hydrogens (primary N) is 1. The number of aliphatic hydroxyl groups excluding tert-OH is 1. The van der Waals surface area contributed by atoms with Crippen molar-refractivity contribution in [3.8, 4) is 0 Å². The van der Waals surface area contributed by atoms with Crippen LogP contribution in [0.25, 0.3) is 0 Å². The molecule has 134 valence electrons. The van der Waals surface area contributed by atoms with Crippen molar-refractivity contribution in [1.82, 2.24) is 0 Å². The van der Waals surface area contributed by atoms with Crippen LogP contribution >= 0.6 is 16.0 Å². The Balaban J connectivity index is 1.56. The van der Waals surface area contributed by atoms with E-state index in [0.717, 1.165) is 32.1 Å². The van der Waals surface area contributed by atoms with Crippen LogP contribution in [0.15, 0.2) is 0 Å². The molecule has 0 aromatic carbocycles. The van der Waals surface area contributed by atoms with Crippen molar-refractivity contribution in [2.24, 2.45) is 5.50 Å². The Kier molecular flexibility index (Phi) is 6.37. The molecule has 0 aromatic heterocycles. The summed E-state index contributed by atoms with van der Waals surface area (Å²) in [6, 6.07) is 0. The first-order valence-corrected chi connectivity index (χ1v) is 10.8. The lowest BCUT2D eigenvalue weighted by molar-refractivity contribution is 0.112. The molecule has 23 heavy (non-hydrogen) atoms. The number of hydrogen-bond acceptors (Lipinski definition) is 5. The fourth-order valence-electron chi connectivity index (χ4n) is 2.96. The van der Waals surface area contributed by atoms with Crippen LogP contribution in [0.5, 0.6) is 0 Å². The van der Waals surface area contributed by atoms with Crippen LogP contribution in [0.1, 0.15) is 64.2 Å². The molecule has 8 nitrogen and oxygen atoms in total. The summed E-state index contributed by atoms with van der Waals surface area (Å²) in [4.78, 5) is 17.9. The lowest BCUT2D eigenvalue weighted by atomic mass is 10.0. The van der Waals surface area contributed by atoms with E-state index < -0.39 is 33.3 Å². The zero-order valence-corrected chi connectivity index (χ0v) is 14.9. The summed E-state index contributed by atoms with van der Waals surface area (Å²) in [6.45, 7) is 0. The van der Waals surface area contributed by atoms with Gasteiger partial charge in [-0.15, -0.1) is 9.42 Å². The van der Waals surface area contributed by atoms with Gasteiger partial charge in [-0.3, -0.25) is 4.52 Å². The second-order valence-corrected chi connectivity index (χ2v) is 8.76. The maximum Gasteiger partial charge on any atom is 0.695 e. The highest BCUT2D eigenvalue weighted by molar-refractivity contribution is 7.50. The first kappa shape index (κ1) is 19.4. The minimum absolute atomic E-state index is 0.447. The Morgan fingerprint density at radius 2 is 1.61 bits per heavy atom. The quantitative estimate of drug-likeness (QED) is 0.384. The van der Waals surface area contributed by atoms with Gasteiger partial charge in [-0.25, -0.2) is 10.1 Å². The Morgan fingerprint density at radius 3 is 2.00 bits per heavy atom. The monoisotopic (exact) mass is 370 g/mol. The molecular weight excluding hydrogens is 344 g/mol. The molecule has 0 radical (unpaired) electrons. The summed E-state index contributed by atoms with van der Waals surface area (Å²) in [5.41, 5.74) is 4.01. The Labute approximate surface area is 136 Å². The van der Waals surface area contributed by atoms with Crippen molar-refractivity contribution in [3.05, 3.63) is 0 Å². The molecule has 0 bridgehead atoms. The maximum atomic E-state index is 11.1. The predicted octanol–water partition coefficient (Wildman–Crippen LogP) is 2.50. The lowest BCUT2D eigenvalue weighted by Gasteiger charge is -2.18. The molecule has 0 saturated heterocycles. The molecule has 0 aliphatic heterocycles. The van der Waals surface area contributed by atoms with Gasteiger partial charge in [-0.1, -0.05) is 0 Å². The van der Waals surface area contributed by atoms with Crippen LogP contribution < -0.4 is 5.50 Å². The van der Waals surface area contributed by atoms with Gasteiger partial charge in [0.15, 0.2) is 0 Å². The first-order valence-electron chi connectivity index (χ1n) is 7.99. The van der Waals surface area contributed by atoms with Crippen LogP contribution in [0.2, 0.25) is 0 Å². The third-order valence-electron chi connectivity index (χ3n) is 4.55. The topological polar surface area (TPSA) is 139 Å². The van der Waals surface area contributed by atoms with Gasteiger partial charge in [-0.2, -0.15) is 0 Å². The minimum atomic E-state index is -3.95. The molecule has 0 aromatic rings. The summed E-state index contributed by atoms with van der Waals surface area (Å²) in [5.74, 6) is 0. The SMILES string of the molecule is NP(=O)(O)OC1(CCCC(O)CCCC2(O[P+](=O)O)CC2)CC1. The molecule has 2 aliphatic rings. The Hall–Kier alpha value is 0.0900. The second-order valence-electron chi connectivity index (χ2n) is 6.79. The summed E-state index contributed by atoms with van der Waals surface area (Å²) < 4.78 is 31.9. The highest BCUT2D eigenvalue weighted by Gasteiger charge is 2.51. The standard InChI is InChI=1S/C13H25NO7P2/c14-23(18,19)21-13(9-10-13)6-2-4-11(15)3-1-5-12(7-8-12)20-22(16)17/h11,15H,1-10H2,(H3-,14,16,17,18,19)/p+1. The van der Waals surface area contributed by atoms with E-state index in [0.29, 0.717) is 32.1 Å². The molecule has 0 spiro atoms. The van der Waals surface area contributed by atoms with E-state index in [2.05, 4.69) is 0 Å². The second kappa shape index (κ2) is 7.54. The third kappa shape index (κ3) is 7.24. The summed E-state index contributed by atoms with van der Waals surface area (Å²) in [5, 5.41) is 9.98. The molecule has 2 rings (SSSR count). The van der Waals surface area contributed by atoms with Gasteiger partial charge in [-0.05, 0) is 64.2 Å². The number of hydrogen-bond donors (Lipinski definition) is 4. The summed E-state index contributed by atoms with van der Waals surface area (Å²) >= 11 is 0. The normalized spacial score (nSPS) is 25.5. The third-order valence-corrected chi connectivity index (χ3v) is 5.74. The fraction of sp³-hybridized carbons (Fsp3) is 1.00. The molecule has 2 saturated carbocycles. The van der Waals surface area contributed by atoms with Crippen molar-refractivity contribution in [2.45, 2.75) is 81.5 Å². The zero-order valence-electron chi connectivity index (χ0n) is 13.1. The lowest BCUT2D eigenvalue weighted by Crippen LogP contribution is -2.17. The number of aliphatic hydroxyl groups is 1. The molecule has 5 N–H and O–H groups in total. The predicted molar refractivity (Wildman–Crippen MR) is 83.6 cm³/mol. The van der Waals surface area contributed by atoms with Crippen molar-refractivity contribution in [1.29, 1.82) is 0 Å². The molecular formula is C13H26NO7P2+. The van der Waals surface area contributed by atoms with E-state index in [9.17, 15) is 14.2 Å². The van der Waals surface area contributed by atoms with E-state index in [1.54, 1.807) is 0 Å². The van der Waals surface area contributed by atoms with Gasteiger partial charge in [0.1, 0.15) is 5.60 Å². The van der Waals surface area contributed by atoms with E-state index in [1.165, 1.54) is 0 Å². The molecule has 0 amide bonds. The van der Waals surface area contributed by atoms with E-state index in [1.807, 2.05) is 0 Å². The van der Waals surface area contributed by atoms with E-state index in [4.69, 9.17) is 24.3 Å². The largest absolute Gasteiger partial charge is 0.695 e. The molecule has 3 atom stereocenters. The van der Waals surface area contributed by atoms with Crippen molar-refractivity contribution < 1.29 is 33.1 Å². The van der Waals surface area contributed by atoms with Gasteiger partial charge in [0, 0.05) is 4.57 Å². The minimum Gasteiger partial charge on any atom is -0.393 e. The van der Waals surface area contributed by atoms with Crippen molar-refractivity contribution in [3.63, 3.8) is 0 Å². The Morgan fingerprint density at radius 1 is 1.13 bits per heavy atom. The van der Waals surface area contributed by atoms with E-state index in [-0.39, 0.29) is 0 Å². The van der Waals surface area contributed by atoms with Gasteiger partial charge in [0.25, 0.3) is 0 Å². The van der Waals surface area contributed by atoms with Crippen LogP contribution in [0, 0.1) is 0 Å². The van der Waals surface area contributed by atoms with Crippen LogP contribution in [0.3, 0.4) is 0 Å². The Bertz CT molecular complexity index is 473. The van der Waals surface area contributed by atoms with E-state index >= 15 is 0 Å². The number of rotatable bonds is 12. The van der Waals surface area contributed by atoms with Crippen LogP contribution in [-0.4, -0.2) is 32.2 Å². The summed E-state index contributed by atoms with van der Waals surface area (Å²) in [6.07, 6.45) is 6.52. The van der Waals surface area contributed by atoms with Gasteiger partial charge in [0.2, 0.25) is 0 Å². The molecule has 2 aliphatic carbocycles. The zero-order chi connectivity index (χ0) is 17.1. The first-order chi connectivity index (χ1) is 10.6. The van der Waals surface area contributed by atoms with Gasteiger partial charge in [0.05, 0.1) is 11.7 Å². The summed E-state index contributed by atoms with van der Waals surface area (Å²) in [7, 11) is -6.52. The highest BCUT2D eigenvalue weighted by Crippen LogP contribution is 2.53. The molecule has 2 fully saturated rings.